The van der Waals surface area contributed by atoms with Crippen molar-refractivity contribution in [2.45, 2.75) is 52.4 Å². The molecule has 0 amide bonds. The van der Waals surface area contributed by atoms with E-state index in [4.69, 9.17) is 0 Å². The Bertz CT molecular complexity index is 189. The van der Waals surface area contributed by atoms with Crippen LogP contribution in [0.15, 0.2) is 22.9 Å². The van der Waals surface area contributed by atoms with E-state index in [2.05, 4.69) is 13.8 Å². The molecule has 0 aliphatic rings. The van der Waals surface area contributed by atoms with Gasteiger partial charge in [-0.15, -0.1) is 0 Å². The molecule has 0 atom stereocenters. The van der Waals surface area contributed by atoms with Crippen LogP contribution < -0.4 is 0 Å². The van der Waals surface area contributed by atoms with Crippen molar-refractivity contribution in [1.82, 2.24) is 0 Å². The largest absolute Gasteiger partial charge is 0.300 e. The Balaban J connectivity index is 0.000000322. The molecular weight excluding hydrogens is 204 g/mol. The molecule has 0 saturated heterocycles. The van der Waals surface area contributed by atoms with Crippen LogP contribution >= 0.6 is 11.3 Å². The standard InChI is InChI=1S/C9H18O.C4H4S/c1-3-5-7-9(10)8-6-4-2;1-2-4-5-3-1/h3-8H2,1-2H3;1-4H. The smallest absolute Gasteiger partial charge is 0.132 e. The van der Waals surface area contributed by atoms with Gasteiger partial charge in [0, 0.05) is 12.8 Å². The van der Waals surface area contributed by atoms with Crippen LogP contribution in [0, 0.1) is 0 Å². The van der Waals surface area contributed by atoms with Gasteiger partial charge in [0.2, 0.25) is 0 Å². The summed E-state index contributed by atoms with van der Waals surface area (Å²) in [5.74, 6) is 0.448. The van der Waals surface area contributed by atoms with Crippen LogP contribution in [-0.4, -0.2) is 5.78 Å². The molecule has 0 saturated carbocycles. The summed E-state index contributed by atoms with van der Waals surface area (Å²) in [7, 11) is 0. The molecule has 1 nitrogen and oxygen atoms in total. The van der Waals surface area contributed by atoms with Gasteiger partial charge in [-0.1, -0.05) is 38.8 Å². The fourth-order valence-electron chi connectivity index (χ4n) is 1.10. The van der Waals surface area contributed by atoms with Gasteiger partial charge in [0.05, 0.1) is 0 Å². The lowest BCUT2D eigenvalue weighted by atomic mass is 10.1. The van der Waals surface area contributed by atoms with Crippen molar-refractivity contribution in [3.8, 4) is 0 Å². The Hall–Kier alpha value is -0.630. The van der Waals surface area contributed by atoms with Crippen LogP contribution in [0.5, 0.6) is 0 Å². The number of carbonyl (C=O) groups excluding carboxylic acids is 1. The predicted octanol–water partition coefficient (Wildman–Crippen LogP) is 4.68. The molecule has 0 spiro atoms. The highest BCUT2D eigenvalue weighted by atomic mass is 32.1. The molecule has 0 radical (unpaired) electrons. The first-order chi connectivity index (χ1) is 7.31. The zero-order valence-corrected chi connectivity index (χ0v) is 10.7. The number of hydrogen-bond acceptors (Lipinski definition) is 2. The molecule has 0 N–H and O–H groups in total. The molecule has 0 aliphatic heterocycles. The Morgan fingerprint density at radius 2 is 1.47 bits per heavy atom. The number of hydrogen-bond donors (Lipinski definition) is 0. The van der Waals surface area contributed by atoms with E-state index < -0.39 is 0 Å². The quantitative estimate of drug-likeness (QED) is 0.688. The Kier molecular flexibility index (Phi) is 11.0. The molecule has 15 heavy (non-hydrogen) atoms. The van der Waals surface area contributed by atoms with Gasteiger partial charge in [-0.25, -0.2) is 0 Å². The molecule has 1 heterocycles. The summed E-state index contributed by atoms with van der Waals surface area (Å²) in [5.41, 5.74) is 0. The van der Waals surface area contributed by atoms with Gasteiger partial charge >= 0.3 is 0 Å². The lowest BCUT2D eigenvalue weighted by Crippen LogP contribution is -1.96. The van der Waals surface area contributed by atoms with Gasteiger partial charge in [-0.3, -0.25) is 4.79 Å². The number of carbonyl (C=O) groups is 1. The van der Waals surface area contributed by atoms with E-state index in [9.17, 15) is 4.79 Å². The lowest BCUT2D eigenvalue weighted by molar-refractivity contribution is -0.119. The van der Waals surface area contributed by atoms with Gasteiger partial charge in [0.25, 0.3) is 0 Å². The summed E-state index contributed by atoms with van der Waals surface area (Å²) in [5, 5.41) is 4.08. The molecule has 0 fully saturated rings. The van der Waals surface area contributed by atoms with Crippen molar-refractivity contribution in [3.63, 3.8) is 0 Å². The van der Waals surface area contributed by atoms with E-state index in [1.54, 1.807) is 11.3 Å². The highest BCUT2D eigenvalue weighted by Crippen LogP contribution is 2.02. The molecule has 1 rings (SSSR count). The fraction of sp³-hybridized carbons (Fsp3) is 0.615. The summed E-state index contributed by atoms with van der Waals surface area (Å²) >= 11 is 1.71. The topological polar surface area (TPSA) is 17.1 Å². The minimum atomic E-state index is 0.448. The number of rotatable bonds is 6. The first-order valence-electron chi connectivity index (χ1n) is 5.80. The predicted molar refractivity (Wildman–Crippen MR) is 68.4 cm³/mol. The van der Waals surface area contributed by atoms with Crippen LogP contribution in [0.3, 0.4) is 0 Å². The molecule has 0 unspecified atom stereocenters. The lowest BCUT2D eigenvalue weighted by Gasteiger charge is -1.96. The third-order valence-corrected chi connectivity index (χ3v) is 2.67. The van der Waals surface area contributed by atoms with Gasteiger partial charge < -0.3 is 0 Å². The van der Waals surface area contributed by atoms with E-state index in [0.29, 0.717) is 5.78 Å². The van der Waals surface area contributed by atoms with Crippen molar-refractivity contribution in [2.75, 3.05) is 0 Å². The summed E-state index contributed by atoms with van der Waals surface area (Å²) in [6, 6.07) is 4.04. The Labute approximate surface area is 97.5 Å². The van der Waals surface area contributed by atoms with E-state index >= 15 is 0 Å². The van der Waals surface area contributed by atoms with Crippen molar-refractivity contribution in [2.24, 2.45) is 0 Å². The monoisotopic (exact) mass is 226 g/mol. The molecule has 0 aliphatic carbocycles. The summed E-state index contributed by atoms with van der Waals surface area (Å²) in [6.07, 6.45) is 6.02. The minimum absolute atomic E-state index is 0.448. The van der Waals surface area contributed by atoms with Crippen LogP contribution in [0.25, 0.3) is 0 Å². The number of unbranched alkanes of at least 4 members (excludes halogenated alkanes) is 2. The van der Waals surface area contributed by atoms with Gasteiger partial charge in [0.1, 0.15) is 5.78 Å². The SMILES string of the molecule is CCCCC(=O)CCCC.c1ccsc1. The first kappa shape index (κ1) is 14.4. The van der Waals surface area contributed by atoms with Gasteiger partial charge in [-0.05, 0) is 23.6 Å². The molecule has 0 aromatic carbocycles. The number of ketones is 1. The second-order valence-electron chi connectivity index (χ2n) is 3.54. The zero-order chi connectivity index (χ0) is 11.4. The third-order valence-electron chi connectivity index (χ3n) is 2.04. The number of Topliss-reactive ketones (excluding diaryl/α,β-unsaturated/α-hetero) is 1. The highest BCUT2D eigenvalue weighted by Gasteiger charge is 1.98. The maximum absolute atomic E-state index is 11.0. The van der Waals surface area contributed by atoms with Crippen LogP contribution in [0.4, 0.5) is 0 Å². The maximum atomic E-state index is 11.0. The molecule has 86 valence electrons. The van der Waals surface area contributed by atoms with Crippen molar-refractivity contribution in [1.29, 1.82) is 0 Å². The normalized spacial score (nSPS) is 9.20. The zero-order valence-electron chi connectivity index (χ0n) is 9.87. The highest BCUT2D eigenvalue weighted by molar-refractivity contribution is 7.07. The van der Waals surface area contributed by atoms with Crippen molar-refractivity contribution >= 4 is 17.1 Å². The summed E-state index contributed by atoms with van der Waals surface area (Å²) < 4.78 is 0. The fourth-order valence-corrected chi connectivity index (χ4v) is 1.55. The third kappa shape index (κ3) is 11.3. The minimum Gasteiger partial charge on any atom is -0.300 e. The van der Waals surface area contributed by atoms with E-state index in [1.165, 1.54) is 0 Å². The average Bonchev–Trinajstić information content (AvgIpc) is 2.82. The molecule has 1 aromatic heterocycles. The summed E-state index contributed by atoms with van der Waals surface area (Å²) in [6.45, 7) is 4.24. The van der Waals surface area contributed by atoms with E-state index in [0.717, 1.165) is 38.5 Å². The van der Waals surface area contributed by atoms with Crippen molar-refractivity contribution < 1.29 is 4.79 Å². The van der Waals surface area contributed by atoms with Gasteiger partial charge in [-0.2, -0.15) is 11.3 Å². The average molecular weight is 226 g/mol. The maximum Gasteiger partial charge on any atom is 0.132 e. The number of thiophene rings is 1. The molecule has 1 aromatic rings. The second-order valence-corrected chi connectivity index (χ2v) is 4.36. The van der Waals surface area contributed by atoms with Crippen LogP contribution in [0.2, 0.25) is 0 Å². The van der Waals surface area contributed by atoms with Crippen LogP contribution in [-0.2, 0) is 4.79 Å². The summed E-state index contributed by atoms with van der Waals surface area (Å²) in [4.78, 5) is 11.0. The molecular formula is C13H22OS. The van der Waals surface area contributed by atoms with Crippen molar-refractivity contribution in [3.05, 3.63) is 22.9 Å². The second kappa shape index (κ2) is 11.4. The molecule has 0 bridgehead atoms. The van der Waals surface area contributed by atoms with Gasteiger partial charge in [0.15, 0.2) is 0 Å². The first-order valence-corrected chi connectivity index (χ1v) is 6.74. The Morgan fingerprint density at radius 3 is 1.73 bits per heavy atom. The molecule has 2 heteroatoms. The van der Waals surface area contributed by atoms with Crippen LogP contribution in [0.1, 0.15) is 52.4 Å². The Morgan fingerprint density at radius 1 is 1.00 bits per heavy atom. The van der Waals surface area contributed by atoms with E-state index in [-0.39, 0.29) is 0 Å². The van der Waals surface area contributed by atoms with E-state index in [1.807, 2.05) is 22.9 Å².